The first-order chi connectivity index (χ1) is 14.3. The number of aryl methyl sites for hydroxylation is 1. The molecule has 3 aromatic rings. The molecule has 0 aliphatic rings. The molecule has 0 atom stereocenters. The highest BCUT2D eigenvalue weighted by Crippen LogP contribution is 2.20. The fourth-order valence-corrected chi connectivity index (χ4v) is 3.33. The molecule has 0 bridgehead atoms. The second kappa shape index (κ2) is 9.49. The normalized spacial score (nSPS) is 10.6. The van der Waals surface area contributed by atoms with Crippen molar-refractivity contribution in [1.82, 2.24) is 19.7 Å². The van der Waals surface area contributed by atoms with Gasteiger partial charge in [0.15, 0.2) is 10.6 Å². The quantitative estimate of drug-likeness (QED) is 0.564. The molecule has 0 aliphatic carbocycles. The molecule has 8 heteroatoms. The number of hydrogen-bond acceptors (Lipinski definition) is 4. The number of carbonyl (C=O) groups is 2. The van der Waals surface area contributed by atoms with E-state index in [4.69, 9.17) is 12.2 Å². The van der Waals surface area contributed by atoms with Crippen molar-refractivity contribution in [2.45, 2.75) is 33.4 Å². The first-order valence-corrected chi connectivity index (χ1v) is 10.1. The molecular formula is C22H25N5O2S. The lowest BCUT2D eigenvalue weighted by Crippen LogP contribution is -2.24. The summed E-state index contributed by atoms with van der Waals surface area (Å²) in [5, 5.41) is 10.1. The molecule has 7 nitrogen and oxygen atoms in total. The number of benzene rings is 2. The maximum atomic E-state index is 12.6. The number of amides is 2. The number of aromatic amines is 1. The first kappa shape index (κ1) is 21.4. The van der Waals surface area contributed by atoms with Gasteiger partial charge in [0.1, 0.15) is 0 Å². The van der Waals surface area contributed by atoms with Crippen molar-refractivity contribution < 1.29 is 9.59 Å². The van der Waals surface area contributed by atoms with Crippen LogP contribution >= 0.6 is 12.2 Å². The van der Waals surface area contributed by atoms with Gasteiger partial charge in [0.05, 0.1) is 0 Å². The second-order valence-corrected chi connectivity index (χ2v) is 7.59. The molecule has 30 heavy (non-hydrogen) atoms. The van der Waals surface area contributed by atoms with Crippen LogP contribution in [0.5, 0.6) is 0 Å². The minimum absolute atomic E-state index is 0.0332. The molecule has 1 heterocycles. The monoisotopic (exact) mass is 423 g/mol. The highest BCUT2D eigenvalue weighted by Gasteiger charge is 2.13. The van der Waals surface area contributed by atoms with Crippen molar-refractivity contribution in [3.63, 3.8) is 0 Å². The van der Waals surface area contributed by atoms with Crippen LogP contribution < -0.4 is 5.32 Å². The van der Waals surface area contributed by atoms with Gasteiger partial charge in [-0.3, -0.25) is 19.3 Å². The van der Waals surface area contributed by atoms with Crippen LogP contribution in [0.3, 0.4) is 0 Å². The summed E-state index contributed by atoms with van der Waals surface area (Å²) in [6.45, 7) is 4.36. The van der Waals surface area contributed by atoms with Gasteiger partial charge < -0.3 is 10.2 Å². The predicted octanol–water partition coefficient (Wildman–Crippen LogP) is 3.92. The molecule has 0 aliphatic heterocycles. The second-order valence-electron chi connectivity index (χ2n) is 7.20. The van der Waals surface area contributed by atoms with Crippen LogP contribution in [0.15, 0.2) is 48.5 Å². The standard InChI is InChI=1S/C22H25N5O2S/c1-15-7-6-9-17(13-15)21-24-25-22(30)27(21)12-11-20(29)23-19-10-5-4-8-18(19)14-26(3)16(2)28/h4-10,13H,11-12,14H2,1-3H3,(H,23,29)(H,25,30). The molecule has 2 amide bonds. The third-order valence-corrected chi connectivity index (χ3v) is 5.15. The van der Waals surface area contributed by atoms with Gasteiger partial charge in [-0.1, -0.05) is 42.0 Å². The Morgan fingerprint density at radius 3 is 2.70 bits per heavy atom. The SMILES string of the molecule is CC(=O)N(C)Cc1ccccc1NC(=O)CCn1c(-c2cccc(C)c2)n[nH]c1=S. The minimum atomic E-state index is -0.133. The molecule has 156 valence electrons. The molecule has 0 spiro atoms. The van der Waals surface area contributed by atoms with Crippen LogP contribution in [-0.2, 0) is 22.7 Å². The summed E-state index contributed by atoms with van der Waals surface area (Å²) in [5.74, 6) is 0.542. The molecule has 0 saturated heterocycles. The van der Waals surface area contributed by atoms with E-state index in [1.54, 1.807) is 11.9 Å². The van der Waals surface area contributed by atoms with E-state index in [0.29, 0.717) is 29.4 Å². The molecule has 0 radical (unpaired) electrons. The Labute approximate surface area is 180 Å². The van der Waals surface area contributed by atoms with Crippen molar-refractivity contribution in [1.29, 1.82) is 0 Å². The van der Waals surface area contributed by atoms with E-state index in [0.717, 1.165) is 16.7 Å². The maximum Gasteiger partial charge on any atom is 0.226 e. The molecule has 0 fully saturated rings. The van der Waals surface area contributed by atoms with Gasteiger partial charge in [-0.15, -0.1) is 0 Å². The number of nitrogens with zero attached hydrogens (tertiary/aromatic N) is 3. The summed E-state index contributed by atoms with van der Waals surface area (Å²) >= 11 is 5.36. The van der Waals surface area contributed by atoms with E-state index in [1.165, 1.54) is 6.92 Å². The summed E-state index contributed by atoms with van der Waals surface area (Å²) in [7, 11) is 1.73. The molecule has 1 aromatic heterocycles. The van der Waals surface area contributed by atoms with Gasteiger partial charge in [-0.2, -0.15) is 5.10 Å². The van der Waals surface area contributed by atoms with Crippen molar-refractivity contribution in [3.8, 4) is 11.4 Å². The number of para-hydroxylation sites is 1. The highest BCUT2D eigenvalue weighted by atomic mass is 32.1. The third kappa shape index (κ3) is 5.21. The van der Waals surface area contributed by atoms with E-state index in [1.807, 2.05) is 60.0 Å². The van der Waals surface area contributed by atoms with Gasteiger partial charge >= 0.3 is 0 Å². The van der Waals surface area contributed by atoms with E-state index < -0.39 is 0 Å². The van der Waals surface area contributed by atoms with Crippen LogP contribution in [0.1, 0.15) is 24.5 Å². The molecular weight excluding hydrogens is 398 g/mol. The Morgan fingerprint density at radius 1 is 1.20 bits per heavy atom. The van der Waals surface area contributed by atoms with Crippen molar-refractivity contribution in [2.75, 3.05) is 12.4 Å². The van der Waals surface area contributed by atoms with E-state index in [-0.39, 0.29) is 18.2 Å². The Balaban J connectivity index is 1.70. The Bertz CT molecular complexity index is 1120. The van der Waals surface area contributed by atoms with Crippen LogP contribution in [0.2, 0.25) is 0 Å². The van der Waals surface area contributed by atoms with Gasteiger partial charge in [0, 0.05) is 44.7 Å². The lowest BCUT2D eigenvalue weighted by Gasteiger charge is -2.18. The largest absolute Gasteiger partial charge is 0.342 e. The highest BCUT2D eigenvalue weighted by molar-refractivity contribution is 7.71. The zero-order valence-corrected chi connectivity index (χ0v) is 18.1. The van der Waals surface area contributed by atoms with E-state index >= 15 is 0 Å². The van der Waals surface area contributed by atoms with Crippen LogP contribution in [0, 0.1) is 11.7 Å². The van der Waals surface area contributed by atoms with Crippen LogP contribution in [0.4, 0.5) is 5.69 Å². The fraction of sp³-hybridized carbons (Fsp3) is 0.273. The van der Waals surface area contributed by atoms with Crippen molar-refractivity contribution in [3.05, 3.63) is 64.4 Å². The number of nitrogens with one attached hydrogen (secondary N) is 2. The Kier molecular flexibility index (Phi) is 6.79. The van der Waals surface area contributed by atoms with E-state index in [9.17, 15) is 9.59 Å². The third-order valence-electron chi connectivity index (χ3n) is 4.83. The lowest BCUT2D eigenvalue weighted by atomic mass is 10.1. The molecule has 0 unspecified atom stereocenters. The molecule has 2 aromatic carbocycles. The number of hydrogen-bond donors (Lipinski definition) is 2. The van der Waals surface area contributed by atoms with Gasteiger partial charge in [0.2, 0.25) is 11.8 Å². The van der Waals surface area contributed by atoms with Gasteiger partial charge in [0.25, 0.3) is 0 Å². The summed E-state index contributed by atoms with van der Waals surface area (Å²) in [6, 6.07) is 15.5. The van der Waals surface area contributed by atoms with E-state index in [2.05, 4.69) is 15.5 Å². The summed E-state index contributed by atoms with van der Waals surface area (Å²) in [6.07, 6.45) is 0.240. The lowest BCUT2D eigenvalue weighted by molar-refractivity contribution is -0.128. The summed E-state index contributed by atoms with van der Waals surface area (Å²) in [5.41, 5.74) is 3.65. The Hall–Kier alpha value is -3.26. The smallest absolute Gasteiger partial charge is 0.226 e. The average Bonchev–Trinajstić information content (AvgIpc) is 3.08. The molecule has 0 saturated carbocycles. The molecule has 2 N–H and O–H groups in total. The fourth-order valence-electron chi connectivity index (χ4n) is 3.10. The van der Waals surface area contributed by atoms with Crippen LogP contribution in [0.25, 0.3) is 11.4 Å². The number of aromatic nitrogens is 3. The Morgan fingerprint density at radius 2 is 1.97 bits per heavy atom. The van der Waals surface area contributed by atoms with Crippen molar-refractivity contribution >= 4 is 29.7 Å². The minimum Gasteiger partial charge on any atom is -0.342 e. The van der Waals surface area contributed by atoms with Crippen molar-refractivity contribution in [2.24, 2.45) is 0 Å². The maximum absolute atomic E-state index is 12.6. The predicted molar refractivity (Wildman–Crippen MR) is 119 cm³/mol. The topological polar surface area (TPSA) is 83.0 Å². The average molecular weight is 424 g/mol. The number of rotatable bonds is 7. The first-order valence-electron chi connectivity index (χ1n) is 9.67. The number of anilines is 1. The summed E-state index contributed by atoms with van der Waals surface area (Å²) in [4.78, 5) is 25.8. The molecule has 3 rings (SSSR count). The number of H-pyrrole nitrogens is 1. The zero-order chi connectivity index (χ0) is 21.7. The van der Waals surface area contributed by atoms with Crippen LogP contribution in [-0.4, -0.2) is 38.5 Å². The zero-order valence-electron chi connectivity index (χ0n) is 17.3. The summed E-state index contributed by atoms with van der Waals surface area (Å²) < 4.78 is 2.31. The number of carbonyl (C=O) groups excluding carboxylic acids is 2. The van der Waals surface area contributed by atoms with Gasteiger partial charge in [-0.25, -0.2) is 0 Å². The van der Waals surface area contributed by atoms with Gasteiger partial charge in [-0.05, 0) is 36.8 Å².